The van der Waals surface area contributed by atoms with Crippen LogP contribution in [0.3, 0.4) is 0 Å². The number of aliphatic hydroxyl groups is 1. The average Bonchev–Trinajstić information content (AvgIpc) is 3.89. The minimum atomic E-state index is -0.993. The number of carbonyl (C=O) groups is 6. The van der Waals surface area contributed by atoms with E-state index in [1.165, 1.54) is 31.1 Å². The van der Waals surface area contributed by atoms with Gasteiger partial charge in [-0.15, -0.1) is 0 Å². The Hall–Kier alpha value is -3.55. The van der Waals surface area contributed by atoms with Crippen molar-refractivity contribution >= 4 is 71.2 Å². The maximum Gasteiger partial charge on any atom is 0.414 e. The summed E-state index contributed by atoms with van der Waals surface area (Å²) in [5.41, 5.74) is 1.99. The maximum atomic E-state index is 14.7. The van der Waals surface area contributed by atoms with Gasteiger partial charge in [0.05, 0.1) is 54.0 Å². The van der Waals surface area contributed by atoms with E-state index in [4.69, 9.17) is 18.9 Å². The number of rotatable bonds is 26. The van der Waals surface area contributed by atoms with Gasteiger partial charge in [0.1, 0.15) is 24.8 Å². The Labute approximate surface area is 474 Å². The molecule has 1 saturated heterocycles. The molecule has 3 N–H and O–H groups in total. The van der Waals surface area contributed by atoms with Gasteiger partial charge < -0.3 is 44.5 Å². The van der Waals surface area contributed by atoms with Crippen LogP contribution in [0.4, 0.5) is 15.3 Å². The molecular weight excluding hydrogens is 1070 g/mol. The summed E-state index contributed by atoms with van der Waals surface area (Å²) in [6, 6.07) is 12.6. The minimum Gasteiger partial charge on any atom is -0.445 e. The first-order valence-corrected chi connectivity index (χ1v) is 30.2. The van der Waals surface area contributed by atoms with E-state index in [0.717, 1.165) is 25.7 Å². The Morgan fingerprint density at radius 2 is 1.45 bits per heavy atom. The summed E-state index contributed by atoms with van der Waals surface area (Å²) in [5.74, 6) is -2.89. The average molecular weight is 1150 g/mol. The van der Waals surface area contributed by atoms with Crippen LogP contribution >= 0.6 is 29.6 Å². The van der Waals surface area contributed by atoms with E-state index in [1.807, 2.05) is 59.7 Å². The molecule has 13 atom stereocenters. The number of nitrogens with zero attached hydrogens (tertiary/aromatic N) is 4. The van der Waals surface area contributed by atoms with E-state index >= 15 is 0 Å². The molecule has 1 radical (unpaired) electrons. The zero-order valence-electron chi connectivity index (χ0n) is 47.0. The fourth-order valence-electron chi connectivity index (χ4n) is 10.4. The van der Waals surface area contributed by atoms with Crippen molar-refractivity contribution in [2.24, 2.45) is 23.7 Å². The summed E-state index contributed by atoms with van der Waals surface area (Å²) in [6.45, 7) is 15.2. The number of benzene rings is 2. The van der Waals surface area contributed by atoms with Crippen LogP contribution in [0.5, 0.6) is 0 Å². The number of aliphatic hydroxyl groups excluding tert-OH is 1. The normalized spacial score (nSPS) is 20.1. The largest absolute Gasteiger partial charge is 0.445 e. The second-order valence-corrected chi connectivity index (χ2v) is 24.9. The third-order valence-corrected chi connectivity index (χ3v) is 18.1. The number of likely N-dealkylation sites (tertiary alicyclic amines) is 1. The molecule has 2 aromatic rings. The van der Waals surface area contributed by atoms with Gasteiger partial charge in [0.2, 0.25) is 23.6 Å². The summed E-state index contributed by atoms with van der Waals surface area (Å²) in [4.78, 5) is 89.8. The summed E-state index contributed by atoms with van der Waals surface area (Å²) in [5, 5.41) is 17.1. The van der Waals surface area contributed by atoms with Crippen molar-refractivity contribution < 1.29 is 71.4 Å². The Balaban J connectivity index is 0.0000152. The van der Waals surface area contributed by atoms with Crippen molar-refractivity contribution in [3.63, 3.8) is 0 Å². The van der Waals surface area contributed by atoms with Crippen LogP contribution in [0, 0.1) is 23.7 Å². The molecule has 1 heterocycles. The van der Waals surface area contributed by atoms with E-state index in [2.05, 4.69) is 19.1 Å². The molecule has 4 rings (SSSR count). The van der Waals surface area contributed by atoms with Crippen molar-refractivity contribution in [3.05, 3.63) is 65.7 Å². The van der Waals surface area contributed by atoms with Crippen molar-refractivity contribution in [1.29, 1.82) is 0 Å². The Bertz CT molecular complexity index is 2150. The number of nitrogens with one attached hydrogen (secondary N) is 2. The standard InChI is InChI=1S/C55H87N6O11PS2.V/c1-14-35(6)48(43(69-12)31-45(62)61-30-20-23-41(61)50(70-13)36(7)51(64)56-37(8)49(63)39-21-16-15-17-22-39)59(10)53(66)46(33(2)3)57-52(65)47(34(4)5)60(11)54(67)71-32-38-26-28-40(29-27-38)58(9)55(68)72-42-24-18-19-25-44(42)74-75-73;/h15-17,21-22,26-29,33-37,41-44,46-50,63H,14,18-20,23-25,30-32,73H2,1-13H3,(H,56,64)(H,57,65);/t35-,36+,37+,41-,42-,43+,44-,46-,47-,48-,49+,50+;/m0./s1. The van der Waals surface area contributed by atoms with Gasteiger partial charge in [0, 0.05) is 66.2 Å². The van der Waals surface area contributed by atoms with Gasteiger partial charge in [-0.25, -0.2) is 9.59 Å². The topological polar surface area (TPSA) is 197 Å². The zero-order valence-corrected chi connectivity index (χ0v) is 51.2. The van der Waals surface area contributed by atoms with Gasteiger partial charge >= 0.3 is 12.2 Å². The van der Waals surface area contributed by atoms with E-state index < -0.39 is 72.5 Å². The van der Waals surface area contributed by atoms with Gasteiger partial charge in [-0.2, -0.15) is 0 Å². The minimum absolute atomic E-state index is 0. The molecule has 1 aliphatic carbocycles. The fourth-order valence-corrected chi connectivity index (χ4v) is 13.5. The van der Waals surface area contributed by atoms with Gasteiger partial charge in [-0.05, 0) is 80.0 Å². The van der Waals surface area contributed by atoms with Gasteiger partial charge in [-0.1, -0.05) is 133 Å². The molecule has 2 aliphatic rings. The monoisotopic (exact) mass is 1150 g/mol. The van der Waals surface area contributed by atoms with Gasteiger partial charge in [0.15, 0.2) is 0 Å². The molecule has 0 aromatic heterocycles. The smallest absolute Gasteiger partial charge is 0.414 e. The number of hydrogen-bond donors (Lipinski definition) is 3. The van der Waals surface area contributed by atoms with E-state index in [1.54, 1.807) is 95.3 Å². The summed E-state index contributed by atoms with van der Waals surface area (Å²) >= 11 is 0. The van der Waals surface area contributed by atoms with E-state index in [-0.39, 0.29) is 78.4 Å². The maximum absolute atomic E-state index is 14.7. The molecule has 21 heteroatoms. The number of methoxy groups -OCH3 is 2. The van der Waals surface area contributed by atoms with E-state index in [0.29, 0.717) is 42.6 Å². The van der Waals surface area contributed by atoms with Crippen molar-refractivity contribution in [3.8, 4) is 0 Å². The molecule has 1 saturated carbocycles. The summed E-state index contributed by atoms with van der Waals surface area (Å²) in [6.07, 6.45) is 2.35. The van der Waals surface area contributed by atoms with Crippen LogP contribution < -0.4 is 15.5 Å². The number of anilines is 1. The molecule has 6 amide bonds. The van der Waals surface area contributed by atoms with Crippen LogP contribution in [0.2, 0.25) is 0 Å². The Kier molecular flexibility index (Phi) is 28.5. The number of ether oxygens (including phenoxy) is 4. The molecule has 1 unspecified atom stereocenters. The molecule has 2 aromatic carbocycles. The first-order valence-electron chi connectivity index (χ1n) is 26.5. The first kappa shape index (κ1) is 66.7. The first-order chi connectivity index (χ1) is 35.6. The molecular formula is C55H87N6O11PS2V. The number of amides is 6. The van der Waals surface area contributed by atoms with Crippen molar-refractivity contribution in [1.82, 2.24) is 25.3 Å². The number of likely N-dealkylation sites (N-methyl/N-ethyl adjacent to an activating group) is 2. The van der Waals surface area contributed by atoms with Crippen molar-refractivity contribution in [2.45, 2.75) is 173 Å². The van der Waals surface area contributed by atoms with Crippen LogP contribution in [0.15, 0.2) is 54.6 Å². The van der Waals surface area contributed by atoms with Crippen LogP contribution in [0.25, 0.3) is 0 Å². The molecule has 0 bridgehead atoms. The molecule has 1 aliphatic heterocycles. The number of hydrogen-bond acceptors (Lipinski definition) is 13. The summed E-state index contributed by atoms with van der Waals surface area (Å²) < 4.78 is 23.7. The second kappa shape index (κ2) is 32.5. The van der Waals surface area contributed by atoms with Gasteiger partial charge in [-0.3, -0.25) is 29.0 Å². The molecule has 76 heavy (non-hydrogen) atoms. The predicted octanol–water partition coefficient (Wildman–Crippen LogP) is 8.63. The zero-order chi connectivity index (χ0) is 55.7. The molecule has 17 nitrogen and oxygen atoms in total. The third-order valence-electron chi connectivity index (χ3n) is 15.1. The summed E-state index contributed by atoms with van der Waals surface area (Å²) in [7, 11) is 13.9. The van der Waals surface area contributed by atoms with Crippen LogP contribution in [-0.2, 0) is 63.3 Å². The molecule has 2 fully saturated rings. The second-order valence-electron chi connectivity index (χ2n) is 21.0. The van der Waals surface area contributed by atoms with Crippen molar-refractivity contribution in [2.75, 3.05) is 46.8 Å². The fraction of sp³-hybridized carbons (Fsp3) is 0.673. The van der Waals surface area contributed by atoms with E-state index in [9.17, 15) is 33.9 Å². The van der Waals surface area contributed by atoms with Gasteiger partial charge in [0.25, 0.3) is 0 Å². The Morgan fingerprint density at radius 1 is 0.803 bits per heavy atom. The molecule has 425 valence electrons. The molecule has 0 spiro atoms. The number of carbonyl (C=O) groups excluding carboxylic acids is 6. The SMILES string of the molecule is CC[C@H](C)[C@@H]([C@@H](CC(=O)N1CCC[C@H]1[C@H](OC)[C@@H](C)C(=O)N[C@H](C)[C@@H](O)c1ccccc1)OC)N(C)C(=O)[C@@H](NC(=O)[C@H](C(C)C)N(C)C(=O)OCc1ccc(N(C)C(=O)O[C@H]2CCCC[C@@H]2SSP)cc1)C(C)C.[V]. The Morgan fingerprint density at radius 3 is 2.03 bits per heavy atom. The quantitative estimate of drug-likeness (QED) is 0.0599. The van der Waals surface area contributed by atoms with Crippen LogP contribution in [0.1, 0.15) is 124 Å². The third kappa shape index (κ3) is 18.0. The van der Waals surface area contributed by atoms with Crippen LogP contribution in [-0.4, -0.2) is 151 Å². The predicted molar refractivity (Wildman–Crippen MR) is 301 cm³/mol.